The Bertz CT molecular complexity index is 1440. The van der Waals surface area contributed by atoms with Crippen molar-refractivity contribution in [1.29, 1.82) is 0 Å². The van der Waals surface area contributed by atoms with Crippen LogP contribution in [-0.4, -0.2) is 26.9 Å². The molecule has 0 N–H and O–H groups in total. The molecule has 5 heteroatoms. The number of hydrogen-bond acceptors (Lipinski definition) is 3. The standard InChI is InChI=1S/C32H37N3O2/c1-6-7-13-25-17-19-26(20-18-25)31(36)34(21-22(2)3)24(5)30-33-28-15-10-9-14-27(28)32(37)35(30)29-16-11-8-12-23(29)4/h8-12,14-20,22,24H,6-7,13,21H2,1-5H3. The third-order valence-electron chi connectivity index (χ3n) is 6.84. The number of nitrogens with zero attached hydrogens (tertiary/aromatic N) is 3. The minimum atomic E-state index is -0.424. The van der Waals surface area contributed by atoms with Gasteiger partial charge in [0.15, 0.2) is 0 Å². The first-order valence-electron chi connectivity index (χ1n) is 13.3. The molecule has 37 heavy (non-hydrogen) atoms. The monoisotopic (exact) mass is 495 g/mol. The number of hydrogen-bond donors (Lipinski definition) is 0. The molecule has 0 saturated carbocycles. The highest BCUT2D eigenvalue weighted by atomic mass is 16.2. The summed E-state index contributed by atoms with van der Waals surface area (Å²) in [6.07, 6.45) is 3.29. The number of benzene rings is 3. The highest BCUT2D eigenvalue weighted by Gasteiger charge is 2.28. The molecule has 0 aliphatic heterocycles. The summed E-state index contributed by atoms with van der Waals surface area (Å²) in [7, 11) is 0. The molecule has 1 atom stereocenters. The number of aromatic nitrogens is 2. The van der Waals surface area contributed by atoms with Crippen LogP contribution in [0.5, 0.6) is 0 Å². The molecule has 3 aromatic carbocycles. The molecular formula is C32H37N3O2. The molecule has 0 bridgehead atoms. The van der Waals surface area contributed by atoms with Crippen molar-refractivity contribution in [3.05, 3.63) is 106 Å². The highest BCUT2D eigenvalue weighted by Crippen LogP contribution is 2.26. The summed E-state index contributed by atoms with van der Waals surface area (Å²) >= 11 is 0. The summed E-state index contributed by atoms with van der Waals surface area (Å²) in [5.41, 5.74) is 4.16. The van der Waals surface area contributed by atoms with Crippen molar-refractivity contribution in [2.45, 2.75) is 59.9 Å². The fraction of sp³-hybridized carbons (Fsp3) is 0.344. The zero-order valence-electron chi connectivity index (χ0n) is 22.6. The van der Waals surface area contributed by atoms with Crippen molar-refractivity contribution in [2.75, 3.05) is 6.54 Å². The molecule has 1 heterocycles. The fourth-order valence-electron chi connectivity index (χ4n) is 4.79. The number of unbranched alkanes of at least 4 members (excludes halogenated alkanes) is 1. The topological polar surface area (TPSA) is 55.2 Å². The van der Waals surface area contributed by atoms with E-state index in [4.69, 9.17) is 4.98 Å². The second-order valence-electron chi connectivity index (χ2n) is 10.2. The van der Waals surface area contributed by atoms with Gasteiger partial charge in [-0.15, -0.1) is 0 Å². The average Bonchev–Trinajstić information content (AvgIpc) is 2.90. The van der Waals surface area contributed by atoms with Gasteiger partial charge in [0, 0.05) is 12.1 Å². The van der Waals surface area contributed by atoms with Gasteiger partial charge in [0.2, 0.25) is 0 Å². The highest BCUT2D eigenvalue weighted by molar-refractivity contribution is 5.94. The molecule has 0 aliphatic carbocycles. The summed E-state index contributed by atoms with van der Waals surface area (Å²) in [5, 5.41) is 0.561. The quantitative estimate of drug-likeness (QED) is 0.254. The zero-order chi connectivity index (χ0) is 26.5. The van der Waals surface area contributed by atoms with Crippen molar-refractivity contribution >= 4 is 16.8 Å². The lowest BCUT2D eigenvalue weighted by atomic mass is 10.0. The number of carbonyl (C=O) groups excluding carboxylic acids is 1. The Morgan fingerprint density at radius 2 is 1.62 bits per heavy atom. The predicted molar refractivity (Wildman–Crippen MR) is 151 cm³/mol. The van der Waals surface area contributed by atoms with Gasteiger partial charge in [0.1, 0.15) is 5.82 Å². The van der Waals surface area contributed by atoms with Crippen LogP contribution in [0.3, 0.4) is 0 Å². The zero-order valence-corrected chi connectivity index (χ0v) is 22.6. The van der Waals surface area contributed by atoms with E-state index < -0.39 is 6.04 Å². The maximum Gasteiger partial charge on any atom is 0.266 e. The van der Waals surface area contributed by atoms with E-state index in [0.29, 0.717) is 28.8 Å². The summed E-state index contributed by atoms with van der Waals surface area (Å²) in [4.78, 5) is 34.6. The minimum absolute atomic E-state index is 0.0537. The second-order valence-corrected chi connectivity index (χ2v) is 10.2. The molecule has 4 aromatic rings. The molecule has 0 fully saturated rings. The Morgan fingerprint density at radius 1 is 0.946 bits per heavy atom. The van der Waals surface area contributed by atoms with Crippen LogP contribution >= 0.6 is 0 Å². The van der Waals surface area contributed by atoms with Crippen LogP contribution < -0.4 is 5.56 Å². The van der Waals surface area contributed by atoms with Gasteiger partial charge in [-0.1, -0.05) is 69.7 Å². The summed E-state index contributed by atoms with van der Waals surface area (Å²) in [6.45, 7) is 10.9. The first-order valence-corrected chi connectivity index (χ1v) is 13.3. The van der Waals surface area contributed by atoms with Crippen molar-refractivity contribution < 1.29 is 4.79 Å². The third kappa shape index (κ3) is 5.66. The SMILES string of the molecule is CCCCc1ccc(C(=O)N(CC(C)C)C(C)c2nc3ccccc3c(=O)n2-c2ccccc2C)cc1. The molecule has 192 valence electrons. The van der Waals surface area contributed by atoms with E-state index in [2.05, 4.69) is 32.9 Å². The van der Waals surface area contributed by atoms with E-state index in [0.717, 1.165) is 30.5 Å². The number of amides is 1. The van der Waals surface area contributed by atoms with Gasteiger partial charge in [-0.2, -0.15) is 0 Å². The van der Waals surface area contributed by atoms with Crippen LogP contribution in [0.15, 0.2) is 77.6 Å². The number of para-hydroxylation sites is 2. The minimum Gasteiger partial charge on any atom is -0.328 e. The van der Waals surface area contributed by atoms with E-state index in [-0.39, 0.29) is 17.4 Å². The molecule has 4 rings (SSSR count). The molecule has 5 nitrogen and oxygen atoms in total. The van der Waals surface area contributed by atoms with Gasteiger partial charge < -0.3 is 4.90 Å². The van der Waals surface area contributed by atoms with E-state index in [1.54, 1.807) is 4.57 Å². The second kappa shape index (κ2) is 11.5. The van der Waals surface area contributed by atoms with E-state index in [9.17, 15) is 9.59 Å². The lowest BCUT2D eigenvalue weighted by molar-refractivity contribution is 0.0655. The lowest BCUT2D eigenvalue weighted by Gasteiger charge is -2.32. The number of carbonyl (C=O) groups is 1. The number of aryl methyl sites for hydroxylation is 2. The van der Waals surface area contributed by atoms with Crippen molar-refractivity contribution in [3.8, 4) is 5.69 Å². The van der Waals surface area contributed by atoms with Crippen LogP contribution in [0.25, 0.3) is 16.6 Å². The van der Waals surface area contributed by atoms with Gasteiger partial charge >= 0.3 is 0 Å². The largest absolute Gasteiger partial charge is 0.328 e. The lowest BCUT2D eigenvalue weighted by Crippen LogP contribution is -2.39. The van der Waals surface area contributed by atoms with Crippen LogP contribution in [0.2, 0.25) is 0 Å². The van der Waals surface area contributed by atoms with Crippen molar-refractivity contribution in [1.82, 2.24) is 14.5 Å². The fourth-order valence-corrected chi connectivity index (χ4v) is 4.79. The number of rotatable bonds is 9. The number of fused-ring (bicyclic) bond motifs is 1. The summed E-state index contributed by atoms with van der Waals surface area (Å²) < 4.78 is 1.69. The van der Waals surface area contributed by atoms with Gasteiger partial charge in [-0.3, -0.25) is 14.2 Å². The molecule has 1 unspecified atom stereocenters. The van der Waals surface area contributed by atoms with Crippen LogP contribution in [0, 0.1) is 12.8 Å². The average molecular weight is 496 g/mol. The maximum absolute atomic E-state index is 13.9. The molecule has 0 saturated heterocycles. The van der Waals surface area contributed by atoms with Gasteiger partial charge in [-0.05, 0) is 74.1 Å². The van der Waals surface area contributed by atoms with E-state index in [1.807, 2.05) is 79.4 Å². The summed E-state index contributed by atoms with van der Waals surface area (Å²) in [5.74, 6) is 0.753. The van der Waals surface area contributed by atoms with Crippen LogP contribution in [0.1, 0.15) is 73.9 Å². The molecular weight excluding hydrogens is 458 g/mol. The Labute approximate surface area is 219 Å². The van der Waals surface area contributed by atoms with Crippen LogP contribution in [0.4, 0.5) is 0 Å². The van der Waals surface area contributed by atoms with Crippen molar-refractivity contribution in [2.24, 2.45) is 5.92 Å². The van der Waals surface area contributed by atoms with Crippen LogP contribution in [-0.2, 0) is 6.42 Å². The Hall–Kier alpha value is -3.73. The van der Waals surface area contributed by atoms with Gasteiger partial charge in [0.05, 0.1) is 22.6 Å². The predicted octanol–water partition coefficient (Wildman–Crippen LogP) is 6.90. The molecule has 0 aliphatic rings. The first-order chi connectivity index (χ1) is 17.8. The van der Waals surface area contributed by atoms with Crippen molar-refractivity contribution in [3.63, 3.8) is 0 Å². The molecule has 1 amide bonds. The van der Waals surface area contributed by atoms with Gasteiger partial charge in [-0.25, -0.2) is 4.98 Å². The Kier molecular flexibility index (Phi) is 8.22. The van der Waals surface area contributed by atoms with Gasteiger partial charge in [0.25, 0.3) is 11.5 Å². The van der Waals surface area contributed by atoms with E-state index >= 15 is 0 Å². The molecule has 1 aromatic heterocycles. The maximum atomic E-state index is 13.9. The Balaban J connectivity index is 1.83. The molecule has 0 spiro atoms. The third-order valence-corrected chi connectivity index (χ3v) is 6.84. The Morgan fingerprint density at radius 3 is 2.30 bits per heavy atom. The normalized spacial score (nSPS) is 12.2. The smallest absolute Gasteiger partial charge is 0.266 e. The first kappa shape index (κ1) is 26.3. The summed E-state index contributed by atoms with van der Waals surface area (Å²) in [6, 6.07) is 22.8. The van der Waals surface area contributed by atoms with E-state index in [1.165, 1.54) is 5.56 Å². The molecule has 0 radical (unpaired) electrons.